The highest BCUT2D eigenvalue weighted by atomic mass is 14.9. The Balaban J connectivity index is 2.61. The lowest BCUT2D eigenvalue weighted by atomic mass is 10.0. The second-order valence-corrected chi connectivity index (χ2v) is 4.00. The first-order chi connectivity index (χ1) is 7.74. The summed E-state index contributed by atoms with van der Waals surface area (Å²) in [5.41, 5.74) is 10.2. The average Bonchev–Trinajstić information content (AvgIpc) is 2.31. The molecular weight excluding hydrogens is 198 g/mol. The van der Waals surface area contributed by atoms with Gasteiger partial charge in [0.15, 0.2) is 0 Å². The molecule has 3 N–H and O–H groups in total. The number of anilines is 1. The van der Waals surface area contributed by atoms with Crippen molar-refractivity contribution in [3.63, 3.8) is 0 Å². The molecular formula is C13H17N3. The zero-order valence-electron chi connectivity index (χ0n) is 9.75. The molecule has 1 heterocycles. The minimum absolute atomic E-state index is 0.634. The van der Waals surface area contributed by atoms with Crippen molar-refractivity contribution in [1.29, 1.82) is 0 Å². The third kappa shape index (κ3) is 1.86. The molecule has 16 heavy (non-hydrogen) atoms. The zero-order chi connectivity index (χ0) is 11.5. The Morgan fingerprint density at radius 3 is 2.69 bits per heavy atom. The van der Waals surface area contributed by atoms with Crippen molar-refractivity contribution in [1.82, 2.24) is 4.98 Å². The second-order valence-electron chi connectivity index (χ2n) is 4.00. The first kappa shape index (κ1) is 10.9. The van der Waals surface area contributed by atoms with E-state index >= 15 is 0 Å². The van der Waals surface area contributed by atoms with Crippen LogP contribution in [-0.4, -0.2) is 18.1 Å². The van der Waals surface area contributed by atoms with Crippen LogP contribution >= 0.6 is 0 Å². The number of aromatic nitrogens is 1. The average molecular weight is 215 g/mol. The van der Waals surface area contributed by atoms with Crippen LogP contribution in [0.1, 0.15) is 11.1 Å². The summed E-state index contributed by atoms with van der Waals surface area (Å²) in [6.45, 7) is 5.61. The van der Waals surface area contributed by atoms with Crippen LogP contribution in [0.15, 0.2) is 24.4 Å². The first-order valence-electron chi connectivity index (χ1n) is 5.53. The van der Waals surface area contributed by atoms with Crippen molar-refractivity contribution in [2.45, 2.75) is 13.8 Å². The largest absolute Gasteiger partial charge is 0.383 e. The molecule has 2 aromatic rings. The van der Waals surface area contributed by atoms with E-state index in [4.69, 9.17) is 5.73 Å². The molecule has 0 atom stereocenters. The van der Waals surface area contributed by atoms with Gasteiger partial charge < -0.3 is 11.1 Å². The fourth-order valence-corrected chi connectivity index (χ4v) is 1.93. The van der Waals surface area contributed by atoms with Gasteiger partial charge in [-0.2, -0.15) is 0 Å². The number of aryl methyl sites for hydroxylation is 2. The topological polar surface area (TPSA) is 50.9 Å². The zero-order valence-corrected chi connectivity index (χ0v) is 9.75. The summed E-state index contributed by atoms with van der Waals surface area (Å²) in [4.78, 5) is 4.44. The molecule has 0 bridgehead atoms. The van der Waals surface area contributed by atoms with Crippen LogP contribution in [0, 0.1) is 13.8 Å². The Bertz CT molecular complexity index is 506. The number of rotatable bonds is 3. The van der Waals surface area contributed by atoms with Crippen LogP contribution in [0.5, 0.6) is 0 Å². The van der Waals surface area contributed by atoms with E-state index in [0.717, 1.165) is 17.7 Å². The lowest BCUT2D eigenvalue weighted by Gasteiger charge is -2.11. The summed E-state index contributed by atoms with van der Waals surface area (Å²) < 4.78 is 0. The maximum Gasteiger partial charge on any atom is 0.0754 e. The molecule has 3 nitrogen and oxygen atoms in total. The van der Waals surface area contributed by atoms with Gasteiger partial charge in [0.2, 0.25) is 0 Å². The highest BCUT2D eigenvalue weighted by molar-refractivity contribution is 5.95. The van der Waals surface area contributed by atoms with E-state index in [1.165, 1.54) is 16.5 Å². The maximum absolute atomic E-state index is 5.51. The van der Waals surface area contributed by atoms with E-state index in [1.807, 2.05) is 12.3 Å². The molecule has 0 spiro atoms. The molecule has 0 aliphatic carbocycles. The normalized spacial score (nSPS) is 10.7. The van der Waals surface area contributed by atoms with Crippen LogP contribution in [0.3, 0.4) is 0 Å². The number of benzene rings is 1. The monoisotopic (exact) mass is 215 g/mol. The van der Waals surface area contributed by atoms with Gasteiger partial charge in [-0.1, -0.05) is 12.1 Å². The number of hydrogen-bond acceptors (Lipinski definition) is 3. The Labute approximate surface area is 95.7 Å². The van der Waals surface area contributed by atoms with E-state index in [9.17, 15) is 0 Å². The Kier molecular flexibility index (Phi) is 3.06. The van der Waals surface area contributed by atoms with E-state index < -0.39 is 0 Å². The van der Waals surface area contributed by atoms with E-state index in [1.54, 1.807) is 0 Å². The fourth-order valence-electron chi connectivity index (χ4n) is 1.93. The predicted molar refractivity (Wildman–Crippen MR) is 68.8 cm³/mol. The molecule has 0 aliphatic rings. The molecule has 0 amide bonds. The van der Waals surface area contributed by atoms with Crippen LogP contribution in [0.2, 0.25) is 0 Å². The van der Waals surface area contributed by atoms with Gasteiger partial charge in [-0.25, -0.2) is 0 Å². The highest BCUT2D eigenvalue weighted by Gasteiger charge is 2.06. The molecule has 0 unspecified atom stereocenters. The van der Waals surface area contributed by atoms with Crippen molar-refractivity contribution >= 4 is 16.6 Å². The molecule has 0 radical (unpaired) electrons. The van der Waals surface area contributed by atoms with Gasteiger partial charge in [0, 0.05) is 30.4 Å². The van der Waals surface area contributed by atoms with Crippen LogP contribution < -0.4 is 11.1 Å². The van der Waals surface area contributed by atoms with Gasteiger partial charge in [0.05, 0.1) is 5.52 Å². The number of hydrogen-bond donors (Lipinski definition) is 2. The lowest BCUT2D eigenvalue weighted by molar-refractivity contribution is 1.03. The molecule has 0 aliphatic heterocycles. The Morgan fingerprint density at radius 2 is 1.94 bits per heavy atom. The van der Waals surface area contributed by atoms with Crippen LogP contribution in [0.4, 0.5) is 5.69 Å². The number of fused-ring (bicyclic) bond motifs is 1. The second kappa shape index (κ2) is 4.49. The molecule has 1 aromatic heterocycles. The Hall–Kier alpha value is -1.61. The summed E-state index contributed by atoms with van der Waals surface area (Å²) in [6.07, 6.45) is 1.84. The maximum atomic E-state index is 5.51. The number of pyridine rings is 1. The summed E-state index contributed by atoms with van der Waals surface area (Å²) in [7, 11) is 0. The van der Waals surface area contributed by atoms with E-state index in [-0.39, 0.29) is 0 Å². The number of nitrogens with one attached hydrogen (secondary N) is 1. The highest BCUT2D eigenvalue weighted by Crippen LogP contribution is 2.27. The smallest absolute Gasteiger partial charge is 0.0754 e. The minimum Gasteiger partial charge on any atom is -0.383 e. The molecule has 0 fully saturated rings. The van der Waals surface area contributed by atoms with Gasteiger partial charge in [-0.15, -0.1) is 0 Å². The fraction of sp³-hybridized carbons (Fsp3) is 0.308. The first-order valence-corrected chi connectivity index (χ1v) is 5.53. The summed E-state index contributed by atoms with van der Waals surface area (Å²) in [6, 6.07) is 6.24. The summed E-state index contributed by atoms with van der Waals surface area (Å²) in [5.74, 6) is 0. The summed E-state index contributed by atoms with van der Waals surface area (Å²) >= 11 is 0. The van der Waals surface area contributed by atoms with Crippen LogP contribution in [-0.2, 0) is 0 Å². The van der Waals surface area contributed by atoms with Crippen molar-refractivity contribution in [3.8, 4) is 0 Å². The van der Waals surface area contributed by atoms with Gasteiger partial charge in [-0.05, 0) is 31.0 Å². The molecule has 3 heteroatoms. The van der Waals surface area contributed by atoms with Crippen molar-refractivity contribution in [2.75, 3.05) is 18.4 Å². The predicted octanol–water partition coefficient (Wildman–Crippen LogP) is 2.22. The molecule has 0 saturated carbocycles. The van der Waals surface area contributed by atoms with E-state index in [2.05, 4.69) is 36.3 Å². The number of nitrogens with two attached hydrogens (primary N) is 1. The third-order valence-electron chi connectivity index (χ3n) is 2.76. The summed E-state index contributed by atoms with van der Waals surface area (Å²) in [5, 5.41) is 4.54. The van der Waals surface area contributed by atoms with Gasteiger partial charge in [0.1, 0.15) is 0 Å². The van der Waals surface area contributed by atoms with Crippen molar-refractivity contribution in [3.05, 3.63) is 35.5 Å². The van der Waals surface area contributed by atoms with Crippen molar-refractivity contribution in [2.24, 2.45) is 5.73 Å². The van der Waals surface area contributed by atoms with Gasteiger partial charge >= 0.3 is 0 Å². The molecule has 1 aromatic carbocycles. The Morgan fingerprint density at radius 1 is 1.19 bits per heavy atom. The lowest BCUT2D eigenvalue weighted by Crippen LogP contribution is -2.13. The van der Waals surface area contributed by atoms with Gasteiger partial charge in [-0.3, -0.25) is 4.98 Å². The van der Waals surface area contributed by atoms with Crippen LogP contribution in [0.25, 0.3) is 10.9 Å². The van der Waals surface area contributed by atoms with E-state index in [0.29, 0.717) is 6.54 Å². The molecule has 84 valence electrons. The van der Waals surface area contributed by atoms with Gasteiger partial charge in [0.25, 0.3) is 0 Å². The third-order valence-corrected chi connectivity index (χ3v) is 2.76. The molecule has 0 saturated heterocycles. The number of nitrogens with zero attached hydrogens (tertiary/aromatic N) is 1. The quantitative estimate of drug-likeness (QED) is 0.825. The SMILES string of the molecule is Cc1ccc(C)c2c(NCCN)ccnc12. The van der Waals surface area contributed by atoms with Crippen molar-refractivity contribution < 1.29 is 0 Å². The standard InChI is InChI=1S/C13H17N3/c1-9-3-4-10(2)13-12(9)11(5-7-16-13)15-8-6-14/h3-5,7H,6,8,14H2,1-2H3,(H,15,16). The molecule has 2 rings (SSSR count). The minimum atomic E-state index is 0.634.